The van der Waals surface area contributed by atoms with Crippen LogP contribution < -0.4 is 5.32 Å². The average molecular weight is 322 g/mol. The highest BCUT2D eigenvalue weighted by atomic mass is 16.2. The number of nitrogens with one attached hydrogen (secondary N) is 1. The first kappa shape index (κ1) is 16.2. The van der Waals surface area contributed by atoms with Gasteiger partial charge in [-0.2, -0.15) is 0 Å². The van der Waals surface area contributed by atoms with Crippen LogP contribution in [0.2, 0.25) is 0 Å². The van der Waals surface area contributed by atoms with Gasteiger partial charge in [-0.15, -0.1) is 0 Å². The monoisotopic (exact) mass is 322 g/mol. The molecule has 4 nitrogen and oxygen atoms in total. The Labute approximate surface area is 142 Å². The molecule has 1 N–H and O–H groups in total. The lowest BCUT2D eigenvalue weighted by atomic mass is 10.0. The number of rotatable bonds is 5. The number of hydrogen-bond donors (Lipinski definition) is 1. The van der Waals surface area contributed by atoms with Gasteiger partial charge in [0.15, 0.2) is 0 Å². The van der Waals surface area contributed by atoms with Crippen molar-refractivity contribution in [3.05, 3.63) is 71.8 Å². The van der Waals surface area contributed by atoms with Crippen LogP contribution in [0.5, 0.6) is 0 Å². The fourth-order valence-corrected chi connectivity index (χ4v) is 2.87. The van der Waals surface area contributed by atoms with E-state index in [2.05, 4.69) is 5.32 Å². The summed E-state index contributed by atoms with van der Waals surface area (Å²) in [6.07, 6.45) is 2.18. The molecule has 2 aromatic carbocycles. The minimum atomic E-state index is -0.533. The molecule has 0 aliphatic heterocycles. The normalized spacial score (nSPS) is 14.7. The molecule has 0 radical (unpaired) electrons. The van der Waals surface area contributed by atoms with E-state index in [0.29, 0.717) is 12.5 Å². The van der Waals surface area contributed by atoms with Gasteiger partial charge in [0, 0.05) is 13.6 Å². The highest BCUT2D eigenvalue weighted by Crippen LogP contribution is 2.40. The van der Waals surface area contributed by atoms with Crippen LogP contribution in [0.15, 0.2) is 60.7 Å². The fraction of sp³-hybridized carbons (Fsp3) is 0.300. The van der Waals surface area contributed by atoms with Gasteiger partial charge in [-0.1, -0.05) is 60.7 Å². The first-order valence-corrected chi connectivity index (χ1v) is 8.30. The number of amides is 2. The molecule has 3 rings (SSSR count). The van der Waals surface area contributed by atoms with Crippen LogP contribution in [-0.2, 0) is 16.1 Å². The van der Waals surface area contributed by atoms with Crippen LogP contribution in [-0.4, -0.2) is 23.8 Å². The second-order valence-corrected chi connectivity index (χ2v) is 6.35. The van der Waals surface area contributed by atoms with Crippen molar-refractivity contribution in [1.82, 2.24) is 10.2 Å². The van der Waals surface area contributed by atoms with Crippen molar-refractivity contribution in [2.45, 2.75) is 25.4 Å². The maximum atomic E-state index is 12.4. The number of nitrogens with zero attached hydrogens (tertiary/aromatic N) is 1. The van der Waals surface area contributed by atoms with Gasteiger partial charge in [-0.05, 0) is 29.9 Å². The van der Waals surface area contributed by atoms with Crippen LogP contribution >= 0.6 is 0 Å². The molecule has 1 saturated carbocycles. The van der Waals surface area contributed by atoms with Crippen LogP contribution in [0.3, 0.4) is 0 Å². The summed E-state index contributed by atoms with van der Waals surface area (Å²) in [4.78, 5) is 26.2. The molecule has 2 aromatic rings. The van der Waals surface area contributed by atoms with Crippen LogP contribution in [0, 0.1) is 5.92 Å². The second-order valence-electron chi connectivity index (χ2n) is 6.35. The van der Waals surface area contributed by atoms with Gasteiger partial charge in [0.25, 0.3) is 0 Å². The highest BCUT2D eigenvalue weighted by molar-refractivity contribution is 6.35. The number of likely N-dealkylation sites (N-methyl/N-ethyl adjacent to an activating group) is 1. The second kappa shape index (κ2) is 7.30. The van der Waals surface area contributed by atoms with E-state index < -0.39 is 11.8 Å². The van der Waals surface area contributed by atoms with Gasteiger partial charge >= 0.3 is 11.8 Å². The van der Waals surface area contributed by atoms with E-state index in [1.54, 1.807) is 7.05 Å². The van der Waals surface area contributed by atoms with E-state index in [0.717, 1.165) is 24.0 Å². The smallest absolute Gasteiger partial charge is 0.311 e. The van der Waals surface area contributed by atoms with E-state index in [4.69, 9.17) is 0 Å². The van der Waals surface area contributed by atoms with Crippen LogP contribution in [0.4, 0.5) is 0 Å². The van der Waals surface area contributed by atoms with Crippen molar-refractivity contribution in [2.24, 2.45) is 5.92 Å². The molecule has 1 fully saturated rings. The van der Waals surface area contributed by atoms with E-state index in [-0.39, 0.29) is 6.04 Å². The Morgan fingerprint density at radius 1 is 1.04 bits per heavy atom. The maximum absolute atomic E-state index is 12.4. The van der Waals surface area contributed by atoms with Crippen LogP contribution in [0.25, 0.3) is 0 Å². The third kappa shape index (κ3) is 4.02. The Bertz CT molecular complexity index is 696. The van der Waals surface area contributed by atoms with Gasteiger partial charge in [0.1, 0.15) is 0 Å². The molecule has 0 heterocycles. The predicted octanol–water partition coefficient (Wildman–Crippen LogP) is 2.91. The van der Waals surface area contributed by atoms with Crippen LogP contribution in [0.1, 0.15) is 30.0 Å². The van der Waals surface area contributed by atoms with Crippen molar-refractivity contribution < 1.29 is 9.59 Å². The molecule has 1 aliphatic rings. The Morgan fingerprint density at radius 3 is 2.21 bits per heavy atom. The third-order valence-electron chi connectivity index (χ3n) is 4.34. The Balaban J connectivity index is 1.63. The van der Waals surface area contributed by atoms with Gasteiger partial charge in [0.05, 0.1) is 6.04 Å². The topological polar surface area (TPSA) is 49.4 Å². The maximum Gasteiger partial charge on any atom is 0.311 e. The largest absolute Gasteiger partial charge is 0.341 e. The van der Waals surface area contributed by atoms with E-state index >= 15 is 0 Å². The van der Waals surface area contributed by atoms with E-state index in [1.165, 1.54) is 4.90 Å². The SMILES string of the molecule is CN(Cc1ccccc1)C(=O)C(=O)N[C@@H](c1ccccc1)C1CC1. The van der Waals surface area contributed by atoms with Gasteiger partial charge in [-0.3, -0.25) is 9.59 Å². The zero-order valence-electron chi connectivity index (χ0n) is 13.8. The molecule has 0 saturated heterocycles. The standard InChI is InChI=1S/C20H22N2O2/c1-22(14-15-8-4-2-5-9-15)20(24)19(23)21-18(17-12-13-17)16-10-6-3-7-11-16/h2-11,17-18H,12-14H2,1H3,(H,21,23)/t18-/m0/s1. The highest BCUT2D eigenvalue weighted by Gasteiger charge is 2.34. The minimum Gasteiger partial charge on any atom is -0.341 e. The molecular formula is C20H22N2O2. The Kier molecular flexibility index (Phi) is 4.94. The average Bonchev–Trinajstić information content (AvgIpc) is 3.45. The molecule has 24 heavy (non-hydrogen) atoms. The molecule has 4 heteroatoms. The summed E-state index contributed by atoms with van der Waals surface area (Å²) in [6, 6.07) is 19.5. The molecule has 0 aromatic heterocycles. The quantitative estimate of drug-likeness (QED) is 0.861. The number of hydrogen-bond acceptors (Lipinski definition) is 2. The van der Waals surface area contributed by atoms with Crippen molar-refractivity contribution >= 4 is 11.8 Å². The Morgan fingerprint density at radius 2 is 1.62 bits per heavy atom. The summed E-state index contributed by atoms with van der Waals surface area (Å²) in [5, 5.41) is 2.93. The van der Waals surface area contributed by atoms with Crippen molar-refractivity contribution in [3.63, 3.8) is 0 Å². The lowest BCUT2D eigenvalue weighted by Gasteiger charge is -2.21. The van der Waals surface area contributed by atoms with Crippen molar-refractivity contribution in [1.29, 1.82) is 0 Å². The summed E-state index contributed by atoms with van der Waals surface area (Å²) in [5.74, 6) is -0.599. The summed E-state index contributed by atoms with van der Waals surface area (Å²) >= 11 is 0. The molecule has 124 valence electrons. The van der Waals surface area contributed by atoms with Gasteiger partial charge in [0.2, 0.25) is 0 Å². The summed E-state index contributed by atoms with van der Waals surface area (Å²) in [5.41, 5.74) is 2.06. The third-order valence-corrected chi connectivity index (χ3v) is 4.34. The van der Waals surface area contributed by atoms with Crippen molar-refractivity contribution in [3.8, 4) is 0 Å². The minimum absolute atomic E-state index is 0.0761. The summed E-state index contributed by atoms with van der Waals surface area (Å²) in [7, 11) is 1.66. The predicted molar refractivity (Wildman–Crippen MR) is 93.0 cm³/mol. The lowest BCUT2D eigenvalue weighted by Crippen LogP contribution is -2.42. The molecule has 2 amide bonds. The lowest BCUT2D eigenvalue weighted by molar-refractivity contribution is -0.145. The molecule has 0 unspecified atom stereocenters. The summed E-state index contributed by atoms with van der Waals surface area (Å²) in [6.45, 7) is 0.423. The Hall–Kier alpha value is -2.62. The van der Waals surface area contributed by atoms with Crippen molar-refractivity contribution in [2.75, 3.05) is 7.05 Å². The summed E-state index contributed by atoms with van der Waals surface area (Å²) < 4.78 is 0. The number of carbonyl (C=O) groups excluding carboxylic acids is 2. The molecule has 0 bridgehead atoms. The zero-order valence-corrected chi connectivity index (χ0v) is 13.8. The molecule has 1 aliphatic carbocycles. The van der Waals surface area contributed by atoms with E-state index in [1.807, 2.05) is 60.7 Å². The van der Waals surface area contributed by atoms with Gasteiger partial charge in [-0.25, -0.2) is 0 Å². The molecular weight excluding hydrogens is 300 g/mol. The molecule has 1 atom stereocenters. The fourth-order valence-electron chi connectivity index (χ4n) is 2.87. The van der Waals surface area contributed by atoms with Gasteiger partial charge < -0.3 is 10.2 Å². The zero-order chi connectivity index (χ0) is 16.9. The van der Waals surface area contributed by atoms with E-state index in [9.17, 15) is 9.59 Å². The first-order chi connectivity index (χ1) is 11.6. The molecule has 0 spiro atoms. The first-order valence-electron chi connectivity index (χ1n) is 8.30. The number of carbonyl (C=O) groups is 2. The number of benzene rings is 2.